The Morgan fingerprint density at radius 2 is 1.08 bits per heavy atom. The number of esters is 2. The van der Waals surface area contributed by atoms with E-state index in [0.29, 0.717) is 21.5 Å². The van der Waals surface area contributed by atoms with E-state index >= 15 is 0 Å². The Kier molecular flexibility index (Phi) is 7.93. The van der Waals surface area contributed by atoms with Crippen LogP contribution in [0.15, 0.2) is 60.7 Å². The van der Waals surface area contributed by atoms with E-state index in [1.54, 1.807) is 19.1 Å². The number of carbonyl (C=O) groups excluding carboxylic acids is 2. The second-order valence-corrected chi connectivity index (χ2v) is 7.68. The molecule has 0 spiro atoms. The minimum atomic E-state index is -1.05. The van der Waals surface area contributed by atoms with Gasteiger partial charge in [-0.05, 0) is 77.0 Å². The van der Waals surface area contributed by atoms with Gasteiger partial charge in [0.1, 0.15) is 22.6 Å². The Bertz CT molecular complexity index is 1540. The van der Waals surface area contributed by atoms with Crippen molar-refractivity contribution in [1.82, 2.24) is 0 Å². The van der Waals surface area contributed by atoms with E-state index in [4.69, 9.17) is 14.9 Å². The lowest BCUT2D eigenvalue weighted by atomic mass is 10.0. The molecule has 0 atom stereocenters. The molecule has 10 heteroatoms. The van der Waals surface area contributed by atoms with Gasteiger partial charge in [0, 0.05) is 0 Å². The standard InChI is InChI=1S/C14H12O5.C13H10O5/c1-2-19-14(18)11-6-10-5-9(13(16)17)4-3-8(10)7-12(11)15;1-18-13(17)10-5-9-4-8(12(15)16)3-2-7(9)6-11(10)14/h3-7,15H,2H2,1H3,(H,16,17);2-6,14H,1H3,(H,15,16). The number of rotatable bonds is 5. The van der Waals surface area contributed by atoms with Gasteiger partial charge in [0.05, 0.1) is 24.8 Å². The molecule has 0 saturated heterocycles. The lowest BCUT2D eigenvalue weighted by Crippen LogP contribution is -2.05. The van der Waals surface area contributed by atoms with Crippen molar-refractivity contribution in [3.05, 3.63) is 82.9 Å². The van der Waals surface area contributed by atoms with Crippen molar-refractivity contribution < 1.29 is 49.1 Å². The number of benzene rings is 4. The molecule has 0 amide bonds. The summed E-state index contributed by atoms with van der Waals surface area (Å²) in [5, 5.41) is 39.6. The third-order valence-electron chi connectivity index (χ3n) is 5.30. The monoisotopic (exact) mass is 506 g/mol. The second-order valence-electron chi connectivity index (χ2n) is 7.68. The van der Waals surface area contributed by atoms with Crippen LogP contribution in [-0.4, -0.2) is 58.0 Å². The van der Waals surface area contributed by atoms with Gasteiger partial charge in [0.2, 0.25) is 0 Å². The van der Waals surface area contributed by atoms with Crippen LogP contribution in [0.1, 0.15) is 48.4 Å². The average Bonchev–Trinajstić information content (AvgIpc) is 2.87. The molecule has 0 bridgehead atoms. The van der Waals surface area contributed by atoms with Crippen molar-refractivity contribution in [3.8, 4) is 11.5 Å². The van der Waals surface area contributed by atoms with E-state index in [1.165, 1.54) is 55.6 Å². The zero-order chi connectivity index (χ0) is 27.3. The van der Waals surface area contributed by atoms with Gasteiger partial charge in [0.25, 0.3) is 0 Å². The third kappa shape index (κ3) is 5.93. The number of carboxylic acid groups (broad SMARTS) is 2. The Balaban J connectivity index is 0.000000206. The van der Waals surface area contributed by atoms with Gasteiger partial charge in [0.15, 0.2) is 0 Å². The van der Waals surface area contributed by atoms with E-state index < -0.39 is 23.9 Å². The first-order valence-electron chi connectivity index (χ1n) is 10.8. The molecule has 37 heavy (non-hydrogen) atoms. The van der Waals surface area contributed by atoms with Crippen LogP contribution >= 0.6 is 0 Å². The third-order valence-corrected chi connectivity index (χ3v) is 5.30. The summed E-state index contributed by atoms with van der Waals surface area (Å²) < 4.78 is 9.35. The number of carboxylic acids is 2. The fourth-order valence-corrected chi connectivity index (χ4v) is 3.48. The van der Waals surface area contributed by atoms with Gasteiger partial charge >= 0.3 is 23.9 Å². The Morgan fingerprint density at radius 1 is 0.649 bits per heavy atom. The van der Waals surface area contributed by atoms with Crippen LogP contribution in [0.5, 0.6) is 11.5 Å². The summed E-state index contributed by atoms with van der Waals surface area (Å²) in [6, 6.07) is 14.5. The fourth-order valence-electron chi connectivity index (χ4n) is 3.48. The molecular weight excluding hydrogens is 484 g/mol. The van der Waals surface area contributed by atoms with E-state index in [0.717, 1.165) is 0 Å². The van der Waals surface area contributed by atoms with Gasteiger partial charge in [-0.1, -0.05) is 12.1 Å². The van der Waals surface area contributed by atoms with Crippen LogP contribution in [0.25, 0.3) is 21.5 Å². The second kappa shape index (κ2) is 11.1. The smallest absolute Gasteiger partial charge is 0.341 e. The van der Waals surface area contributed by atoms with Crippen LogP contribution in [0, 0.1) is 0 Å². The van der Waals surface area contributed by atoms with Gasteiger partial charge in [-0.3, -0.25) is 0 Å². The quantitative estimate of drug-likeness (QED) is 0.284. The lowest BCUT2D eigenvalue weighted by Gasteiger charge is -2.07. The highest BCUT2D eigenvalue weighted by molar-refractivity contribution is 6.02. The highest BCUT2D eigenvalue weighted by Crippen LogP contribution is 2.27. The van der Waals surface area contributed by atoms with Crippen molar-refractivity contribution in [2.45, 2.75) is 6.92 Å². The van der Waals surface area contributed by atoms with Crippen LogP contribution in [-0.2, 0) is 9.47 Å². The highest BCUT2D eigenvalue weighted by Gasteiger charge is 2.15. The zero-order valence-corrected chi connectivity index (χ0v) is 19.7. The molecule has 0 aliphatic heterocycles. The number of phenols is 2. The molecule has 0 heterocycles. The van der Waals surface area contributed by atoms with Crippen molar-refractivity contribution in [1.29, 1.82) is 0 Å². The first kappa shape index (κ1) is 26.5. The summed E-state index contributed by atoms with van der Waals surface area (Å²) in [4.78, 5) is 44.8. The molecule has 10 nitrogen and oxygen atoms in total. The molecule has 0 fully saturated rings. The lowest BCUT2D eigenvalue weighted by molar-refractivity contribution is 0.0521. The molecule has 0 saturated carbocycles. The maximum Gasteiger partial charge on any atom is 0.341 e. The minimum Gasteiger partial charge on any atom is -0.507 e. The summed E-state index contributed by atoms with van der Waals surface area (Å²) in [5.41, 5.74) is 0.265. The minimum absolute atomic E-state index is 0.00698. The highest BCUT2D eigenvalue weighted by atomic mass is 16.5. The van der Waals surface area contributed by atoms with Crippen molar-refractivity contribution >= 4 is 45.4 Å². The average molecular weight is 506 g/mol. The maximum absolute atomic E-state index is 11.6. The predicted octanol–water partition coefficient (Wildman–Crippen LogP) is 4.45. The molecule has 4 aromatic carbocycles. The summed E-state index contributed by atoms with van der Waals surface area (Å²) in [6.07, 6.45) is 0. The number of phenolic OH excluding ortho intramolecular Hbond substituents is 2. The molecule has 0 unspecified atom stereocenters. The molecule has 0 aliphatic rings. The van der Waals surface area contributed by atoms with E-state index in [1.807, 2.05) is 0 Å². The Morgan fingerprint density at radius 3 is 1.46 bits per heavy atom. The summed E-state index contributed by atoms with van der Waals surface area (Å²) in [6.45, 7) is 1.87. The number of aromatic hydroxyl groups is 2. The number of hydrogen-bond donors (Lipinski definition) is 4. The molecule has 0 aliphatic carbocycles. The van der Waals surface area contributed by atoms with Gasteiger partial charge in [-0.15, -0.1) is 0 Å². The predicted molar refractivity (Wildman–Crippen MR) is 132 cm³/mol. The van der Waals surface area contributed by atoms with Crippen molar-refractivity contribution in [2.75, 3.05) is 13.7 Å². The number of ether oxygens (including phenoxy) is 2. The van der Waals surface area contributed by atoms with Crippen molar-refractivity contribution in [2.24, 2.45) is 0 Å². The molecule has 0 aromatic heterocycles. The number of aromatic carboxylic acids is 2. The molecule has 0 radical (unpaired) electrons. The molecule has 4 aromatic rings. The number of fused-ring (bicyclic) bond motifs is 2. The summed E-state index contributed by atoms with van der Waals surface area (Å²) in [5.74, 6) is -3.79. The molecular formula is C27H22O10. The summed E-state index contributed by atoms with van der Waals surface area (Å²) in [7, 11) is 1.21. The van der Waals surface area contributed by atoms with E-state index in [-0.39, 0.29) is 40.4 Å². The van der Waals surface area contributed by atoms with Gasteiger partial charge < -0.3 is 29.9 Å². The fraction of sp³-hybridized carbons (Fsp3) is 0.111. The molecule has 4 rings (SSSR count). The van der Waals surface area contributed by atoms with Crippen molar-refractivity contribution in [3.63, 3.8) is 0 Å². The Hall–Kier alpha value is -5.12. The normalized spacial score (nSPS) is 10.3. The maximum atomic E-state index is 11.6. The van der Waals surface area contributed by atoms with Gasteiger partial charge in [-0.25, -0.2) is 19.2 Å². The first-order chi connectivity index (χ1) is 17.5. The zero-order valence-electron chi connectivity index (χ0n) is 19.7. The van der Waals surface area contributed by atoms with E-state index in [2.05, 4.69) is 4.74 Å². The van der Waals surface area contributed by atoms with Crippen LogP contribution in [0.2, 0.25) is 0 Å². The van der Waals surface area contributed by atoms with Crippen LogP contribution in [0.3, 0.4) is 0 Å². The topological polar surface area (TPSA) is 168 Å². The van der Waals surface area contributed by atoms with Crippen LogP contribution < -0.4 is 0 Å². The number of hydrogen-bond acceptors (Lipinski definition) is 8. The number of methoxy groups -OCH3 is 1. The largest absolute Gasteiger partial charge is 0.507 e. The molecule has 4 N–H and O–H groups in total. The molecule has 190 valence electrons. The number of carbonyl (C=O) groups is 4. The Labute approximate surface area is 209 Å². The first-order valence-corrected chi connectivity index (χ1v) is 10.8. The van der Waals surface area contributed by atoms with Gasteiger partial charge in [-0.2, -0.15) is 0 Å². The SMILES string of the molecule is CCOC(=O)c1cc2cc(C(=O)O)ccc2cc1O.COC(=O)c1cc2cc(C(=O)O)ccc2cc1O. The van der Waals surface area contributed by atoms with E-state index in [9.17, 15) is 29.4 Å². The van der Waals surface area contributed by atoms with Crippen LogP contribution in [0.4, 0.5) is 0 Å². The summed E-state index contributed by atoms with van der Waals surface area (Å²) >= 11 is 0.